The lowest BCUT2D eigenvalue weighted by Gasteiger charge is -2.33. The topological polar surface area (TPSA) is 74.6 Å². The predicted molar refractivity (Wildman–Crippen MR) is 75.8 cm³/mol. The molecule has 1 aliphatic rings. The van der Waals surface area contributed by atoms with Crippen molar-refractivity contribution in [3.8, 4) is 0 Å². The second-order valence-electron chi connectivity index (χ2n) is 4.69. The van der Waals surface area contributed by atoms with Gasteiger partial charge in [0.25, 0.3) is 5.56 Å². The minimum absolute atomic E-state index is 0.0702. The van der Waals surface area contributed by atoms with E-state index in [1.54, 1.807) is 19.3 Å². The quantitative estimate of drug-likeness (QED) is 0.859. The molecule has 0 saturated carbocycles. The molecule has 0 aromatic carbocycles. The normalized spacial score (nSPS) is 19.3. The van der Waals surface area contributed by atoms with E-state index in [4.69, 9.17) is 5.11 Å². The van der Waals surface area contributed by atoms with Crippen LogP contribution in [0.1, 0.15) is 12.8 Å². The number of hydrogen-bond acceptors (Lipinski definition) is 3. The number of nitrogens with one attached hydrogen (secondary N) is 1. The Morgan fingerprint density at radius 1 is 1.58 bits per heavy atom. The maximum atomic E-state index is 12.1. The van der Waals surface area contributed by atoms with Crippen LogP contribution in [0.15, 0.2) is 21.5 Å². The number of anilines is 1. The molecule has 2 N–H and O–H groups in total. The lowest BCUT2D eigenvalue weighted by Crippen LogP contribution is -2.48. The molecule has 0 unspecified atom stereocenters. The molecular weight excluding hydrogens is 314 g/mol. The van der Waals surface area contributed by atoms with E-state index in [-0.39, 0.29) is 11.6 Å². The van der Waals surface area contributed by atoms with E-state index in [0.717, 1.165) is 23.9 Å². The maximum absolute atomic E-state index is 12.1. The zero-order valence-electron chi connectivity index (χ0n) is 10.6. The third-order valence-corrected chi connectivity index (χ3v) is 3.65. The maximum Gasteiger partial charge on any atom is 0.404 e. The number of aromatic nitrogens is 1. The van der Waals surface area contributed by atoms with Crippen LogP contribution in [0.25, 0.3) is 0 Å². The molecule has 1 atom stereocenters. The number of rotatable bonds is 2. The molecule has 6 nitrogen and oxygen atoms in total. The van der Waals surface area contributed by atoms with E-state index in [1.165, 1.54) is 4.57 Å². The zero-order valence-corrected chi connectivity index (χ0v) is 12.2. The van der Waals surface area contributed by atoms with Crippen molar-refractivity contribution in [1.29, 1.82) is 0 Å². The monoisotopic (exact) mass is 329 g/mol. The molecule has 19 heavy (non-hydrogen) atoms. The summed E-state index contributed by atoms with van der Waals surface area (Å²) in [7, 11) is 1.70. The minimum Gasteiger partial charge on any atom is -0.465 e. The van der Waals surface area contributed by atoms with E-state index in [2.05, 4.69) is 21.2 Å². The van der Waals surface area contributed by atoms with Crippen LogP contribution in [0, 0.1) is 0 Å². The number of piperidine rings is 1. The van der Waals surface area contributed by atoms with Crippen molar-refractivity contribution in [2.24, 2.45) is 7.05 Å². The molecule has 0 bridgehead atoms. The molecule has 0 spiro atoms. The van der Waals surface area contributed by atoms with Gasteiger partial charge in [0.05, 0.1) is 0 Å². The van der Waals surface area contributed by atoms with Gasteiger partial charge >= 0.3 is 6.09 Å². The van der Waals surface area contributed by atoms with Crippen molar-refractivity contribution in [3.05, 3.63) is 27.1 Å². The van der Waals surface area contributed by atoms with E-state index >= 15 is 0 Å². The van der Waals surface area contributed by atoms with Crippen molar-refractivity contribution >= 4 is 27.7 Å². The van der Waals surface area contributed by atoms with E-state index in [0.29, 0.717) is 12.2 Å². The van der Waals surface area contributed by atoms with Crippen molar-refractivity contribution < 1.29 is 9.90 Å². The lowest BCUT2D eigenvalue weighted by molar-refractivity contribution is 0.188. The molecule has 1 amide bonds. The number of nitrogens with zero attached hydrogens (tertiary/aromatic N) is 2. The first-order valence-electron chi connectivity index (χ1n) is 6.08. The second-order valence-corrected chi connectivity index (χ2v) is 5.61. The Kier molecular flexibility index (Phi) is 4.14. The standard InChI is InChI=1S/C12H16BrN3O3/c1-15-6-8(13)5-10(11(15)17)16-4-2-3-9(7-16)14-12(18)19/h5-6,9,14H,2-4,7H2,1H3,(H,18,19)/t9-/m0/s1. The van der Waals surface area contributed by atoms with Gasteiger partial charge in [0.2, 0.25) is 0 Å². The van der Waals surface area contributed by atoms with Crippen molar-refractivity contribution in [1.82, 2.24) is 9.88 Å². The third-order valence-electron chi connectivity index (χ3n) is 3.22. The van der Waals surface area contributed by atoms with Crippen molar-refractivity contribution in [3.63, 3.8) is 0 Å². The molecule has 1 saturated heterocycles. The van der Waals surface area contributed by atoms with Gasteiger partial charge in [-0.15, -0.1) is 0 Å². The summed E-state index contributed by atoms with van der Waals surface area (Å²) in [5.41, 5.74) is 0.535. The fourth-order valence-corrected chi connectivity index (χ4v) is 2.89. The molecule has 1 aromatic heterocycles. The molecule has 0 radical (unpaired) electrons. The number of amides is 1. The molecule has 2 heterocycles. The summed E-state index contributed by atoms with van der Waals surface area (Å²) < 4.78 is 2.35. The van der Waals surface area contributed by atoms with Gasteiger partial charge in [0.1, 0.15) is 5.69 Å². The summed E-state index contributed by atoms with van der Waals surface area (Å²) in [5, 5.41) is 11.2. The highest BCUT2D eigenvalue weighted by molar-refractivity contribution is 9.10. The number of hydrogen-bond donors (Lipinski definition) is 2. The first-order valence-corrected chi connectivity index (χ1v) is 6.87. The fourth-order valence-electron chi connectivity index (χ4n) is 2.37. The van der Waals surface area contributed by atoms with E-state index < -0.39 is 6.09 Å². The van der Waals surface area contributed by atoms with Gasteiger partial charge in [-0.1, -0.05) is 0 Å². The highest BCUT2D eigenvalue weighted by Gasteiger charge is 2.23. The summed E-state index contributed by atoms with van der Waals surface area (Å²) >= 11 is 3.37. The number of carboxylic acid groups (broad SMARTS) is 1. The van der Waals surface area contributed by atoms with E-state index in [9.17, 15) is 9.59 Å². The van der Waals surface area contributed by atoms with Gasteiger partial charge in [0.15, 0.2) is 0 Å². The Balaban J connectivity index is 2.22. The number of carbonyl (C=O) groups is 1. The summed E-state index contributed by atoms with van der Waals surface area (Å²) in [6.45, 7) is 1.29. The molecule has 104 valence electrons. The Bertz CT molecular complexity index is 544. The summed E-state index contributed by atoms with van der Waals surface area (Å²) in [6.07, 6.45) is 2.36. The van der Waals surface area contributed by atoms with Crippen LogP contribution in [0.5, 0.6) is 0 Å². The Hall–Kier alpha value is -1.50. The van der Waals surface area contributed by atoms with Crippen LogP contribution in [-0.4, -0.2) is 34.9 Å². The van der Waals surface area contributed by atoms with Gasteiger partial charge in [-0.3, -0.25) is 4.79 Å². The number of halogens is 1. The molecule has 1 aliphatic heterocycles. The molecule has 1 fully saturated rings. The van der Waals surface area contributed by atoms with Gasteiger partial charge in [-0.2, -0.15) is 0 Å². The molecule has 0 aliphatic carbocycles. The largest absolute Gasteiger partial charge is 0.465 e. The second kappa shape index (κ2) is 5.64. The lowest BCUT2D eigenvalue weighted by atomic mass is 10.1. The smallest absolute Gasteiger partial charge is 0.404 e. The van der Waals surface area contributed by atoms with Crippen molar-refractivity contribution in [2.45, 2.75) is 18.9 Å². The van der Waals surface area contributed by atoms with Gasteiger partial charge < -0.3 is 19.9 Å². The van der Waals surface area contributed by atoms with E-state index in [1.807, 2.05) is 4.90 Å². The van der Waals surface area contributed by atoms with Gasteiger partial charge in [0, 0.05) is 36.8 Å². The van der Waals surface area contributed by atoms with Crippen LogP contribution in [0.2, 0.25) is 0 Å². The highest BCUT2D eigenvalue weighted by atomic mass is 79.9. The summed E-state index contributed by atoms with van der Waals surface area (Å²) in [5.74, 6) is 0. The van der Waals surface area contributed by atoms with Crippen LogP contribution in [-0.2, 0) is 7.05 Å². The Labute approximate surface area is 119 Å². The predicted octanol–water partition coefficient (Wildman–Crippen LogP) is 1.38. The highest BCUT2D eigenvalue weighted by Crippen LogP contribution is 2.20. The summed E-state index contributed by atoms with van der Waals surface area (Å²) in [4.78, 5) is 24.7. The zero-order chi connectivity index (χ0) is 14.0. The Morgan fingerprint density at radius 3 is 3.00 bits per heavy atom. The average Bonchev–Trinajstić information content (AvgIpc) is 2.33. The summed E-state index contributed by atoms with van der Waals surface area (Å²) in [6, 6.07) is 1.65. The molecular formula is C12H16BrN3O3. The molecule has 2 rings (SSSR count). The average molecular weight is 330 g/mol. The molecule has 1 aromatic rings. The van der Waals surface area contributed by atoms with Crippen LogP contribution >= 0.6 is 15.9 Å². The minimum atomic E-state index is -1.02. The number of pyridine rings is 1. The first kappa shape index (κ1) is 13.9. The fraction of sp³-hybridized carbons (Fsp3) is 0.500. The van der Waals surface area contributed by atoms with Gasteiger partial charge in [-0.25, -0.2) is 4.79 Å². The van der Waals surface area contributed by atoms with Crippen LogP contribution < -0.4 is 15.8 Å². The number of aryl methyl sites for hydroxylation is 1. The first-order chi connectivity index (χ1) is 8.97. The van der Waals surface area contributed by atoms with Crippen molar-refractivity contribution in [2.75, 3.05) is 18.0 Å². The van der Waals surface area contributed by atoms with Crippen LogP contribution in [0.4, 0.5) is 10.5 Å². The Morgan fingerprint density at radius 2 is 2.32 bits per heavy atom. The van der Waals surface area contributed by atoms with Gasteiger partial charge in [-0.05, 0) is 34.8 Å². The molecule has 7 heteroatoms. The van der Waals surface area contributed by atoms with Crippen LogP contribution in [0.3, 0.4) is 0 Å². The third kappa shape index (κ3) is 3.28. The SMILES string of the molecule is Cn1cc(Br)cc(N2CCC[C@H](NC(=O)O)C2)c1=O.